The van der Waals surface area contributed by atoms with Gasteiger partial charge in [0, 0.05) is 19.1 Å². The van der Waals surface area contributed by atoms with Crippen molar-refractivity contribution < 1.29 is 17.5 Å². The van der Waals surface area contributed by atoms with Gasteiger partial charge in [0.05, 0.1) is 6.10 Å². The summed E-state index contributed by atoms with van der Waals surface area (Å²) in [6.07, 6.45) is 0.762. The SMILES string of the molecule is CC1OCCC1CNS(=O)(=O)c1cccc(F)c1C#N. The molecule has 1 aliphatic heterocycles. The molecule has 2 rings (SSSR count). The van der Waals surface area contributed by atoms with Crippen LogP contribution in [-0.2, 0) is 14.8 Å². The van der Waals surface area contributed by atoms with E-state index < -0.39 is 21.4 Å². The number of halogens is 1. The van der Waals surface area contributed by atoms with Crippen molar-refractivity contribution >= 4 is 10.0 Å². The van der Waals surface area contributed by atoms with Crippen LogP contribution in [-0.4, -0.2) is 27.7 Å². The molecule has 5 nitrogen and oxygen atoms in total. The molecule has 7 heteroatoms. The Kier molecular flexibility index (Phi) is 4.38. The minimum atomic E-state index is -3.90. The summed E-state index contributed by atoms with van der Waals surface area (Å²) < 4.78 is 45.5. The molecule has 2 unspecified atom stereocenters. The molecule has 108 valence electrons. The third-order valence-corrected chi connectivity index (χ3v) is 4.91. The van der Waals surface area contributed by atoms with Crippen molar-refractivity contribution in [3.63, 3.8) is 0 Å². The molecule has 1 saturated heterocycles. The summed E-state index contributed by atoms with van der Waals surface area (Å²) >= 11 is 0. The van der Waals surface area contributed by atoms with Gasteiger partial charge in [-0.05, 0) is 25.5 Å². The number of hydrogen-bond donors (Lipinski definition) is 1. The Labute approximate surface area is 117 Å². The molecule has 1 aromatic rings. The molecule has 1 aliphatic rings. The number of hydrogen-bond acceptors (Lipinski definition) is 4. The van der Waals surface area contributed by atoms with Crippen molar-refractivity contribution in [2.75, 3.05) is 13.2 Å². The van der Waals surface area contributed by atoms with E-state index in [9.17, 15) is 12.8 Å². The number of sulfonamides is 1. The molecular weight excluding hydrogens is 283 g/mol. The number of rotatable bonds is 4. The first kappa shape index (κ1) is 14.9. The predicted molar refractivity (Wildman–Crippen MR) is 69.8 cm³/mol. The monoisotopic (exact) mass is 298 g/mol. The van der Waals surface area contributed by atoms with Gasteiger partial charge in [-0.2, -0.15) is 5.26 Å². The second kappa shape index (κ2) is 5.87. The van der Waals surface area contributed by atoms with E-state index in [0.717, 1.165) is 12.5 Å². The fourth-order valence-corrected chi connectivity index (χ4v) is 3.43. The first-order valence-electron chi connectivity index (χ1n) is 6.25. The Hall–Kier alpha value is -1.49. The molecule has 20 heavy (non-hydrogen) atoms. The van der Waals surface area contributed by atoms with Crippen molar-refractivity contribution in [2.24, 2.45) is 5.92 Å². The lowest BCUT2D eigenvalue weighted by atomic mass is 10.0. The quantitative estimate of drug-likeness (QED) is 0.911. The molecule has 0 spiro atoms. The molecule has 1 N–H and O–H groups in total. The van der Waals surface area contributed by atoms with E-state index >= 15 is 0 Å². The Balaban J connectivity index is 2.19. The van der Waals surface area contributed by atoms with Gasteiger partial charge in [0.1, 0.15) is 22.3 Å². The van der Waals surface area contributed by atoms with E-state index in [1.165, 1.54) is 12.1 Å². The smallest absolute Gasteiger partial charge is 0.242 e. The molecule has 0 radical (unpaired) electrons. The second-order valence-electron chi connectivity index (χ2n) is 4.70. The zero-order valence-electron chi connectivity index (χ0n) is 11.0. The van der Waals surface area contributed by atoms with Gasteiger partial charge in [0.15, 0.2) is 0 Å². The van der Waals surface area contributed by atoms with Crippen LogP contribution in [0.25, 0.3) is 0 Å². The van der Waals surface area contributed by atoms with Crippen LogP contribution in [0, 0.1) is 23.1 Å². The number of benzene rings is 1. The maximum atomic E-state index is 13.4. The van der Waals surface area contributed by atoms with E-state index in [-0.39, 0.29) is 23.5 Å². The van der Waals surface area contributed by atoms with Crippen LogP contribution in [0.5, 0.6) is 0 Å². The Morgan fingerprint density at radius 2 is 2.30 bits per heavy atom. The summed E-state index contributed by atoms with van der Waals surface area (Å²) in [4.78, 5) is -0.327. The summed E-state index contributed by atoms with van der Waals surface area (Å²) in [5.74, 6) is -0.753. The van der Waals surface area contributed by atoms with Crippen molar-refractivity contribution in [2.45, 2.75) is 24.3 Å². The molecule has 0 amide bonds. The Bertz CT molecular complexity index is 640. The zero-order valence-corrected chi connectivity index (χ0v) is 11.8. The van der Waals surface area contributed by atoms with Crippen molar-refractivity contribution in [3.05, 3.63) is 29.6 Å². The van der Waals surface area contributed by atoms with Crippen LogP contribution in [0.4, 0.5) is 4.39 Å². The minimum absolute atomic E-state index is 0.0133. The summed E-state index contributed by atoms with van der Waals surface area (Å²) in [5, 5.41) is 8.88. The normalized spacial score (nSPS) is 22.6. The molecule has 1 fully saturated rings. The summed E-state index contributed by atoms with van der Waals surface area (Å²) in [6, 6.07) is 5.14. The minimum Gasteiger partial charge on any atom is -0.378 e. The average Bonchev–Trinajstić information content (AvgIpc) is 2.82. The fraction of sp³-hybridized carbons (Fsp3) is 0.462. The standard InChI is InChI=1S/C13H15FN2O3S/c1-9-10(5-6-19-9)8-16-20(17,18)13-4-2-3-12(14)11(13)7-15/h2-4,9-10,16H,5-6,8H2,1H3. The van der Waals surface area contributed by atoms with Gasteiger partial charge in [-0.1, -0.05) is 6.07 Å². The van der Waals surface area contributed by atoms with Gasteiger partial charge in [0.2, 0.25) is 10.0 Å². The van der Waals surface area contributed by atoms with Gasteiger partial charge in [-0.25, -0.2) is 17.5 Å². The van der Waals surface area contributed by atoms with Crippen LogP contribution in [0.15, 0.2) is 23.1 Å². The molecule has 0 aromatic heterocycles. The summed E-state index contributed by atoms with van der Waals surface area (Å²) in [6.45, 7) is 2.71. The van der Waals surface area contributed by atoms with Gasteiger partial charge >= 0.3 is 0 Å². The lowest BCUT2D eigenvalue weighted by Gasteiger charge is -2.15. The molecule has 0 aliphatic carbocycles. The van der Waals surface area contributed by atoms with Crippen LogP contribution in [0.1, 0.15) is 18.9 Å². The predicted octanol–water partition coefficient (Wildman–Crippen LogP) is 1.40. The third-order valence-electron chi connectivity index (χ3n) is 3.45. The molecule has 1 heterocycles. The van der Waals surface area contributed by atoms with Crippen molar-refractivity contribution in [1.82, 2.24) is 4.72 Å². The largest absolute Gasteiger partial charge is 0.378 e. The Morgan fingerprint density at radius 1 is 1.55 bits per heavy atom. The fourth-order valence-electron chi connectivity index (χ4n) is 2.18. The van der Waals surface area contributed by atoms with Gasteiger partial charge in [0.25, 0.3) is 0 Å². The first-order valence-corrected chi connectivity index (χ1v) is 7.74. The second-order valence-corrected chi connectivity index (χ2v) is 6.44. The number of nitriles is 1. The lowest BCUT2D eigenvalue weighted by molar-refractivity contribution is 0.107. The lowest BCUT2D eigenvalue weighted by Crippen LogP contribution is -2.32. The molecule has 1 aromatic carbocycles. The topological polar surface area (TPSA) is 79.2 Å². The Morgan fingerprint density at radius 3 is 2.90 bits per heavy atom. The maximum absolute atomic E-state index is 13.4. The highest BCUT2D eigenvalue weighted by atomic mass is 32.2. The number of nitrogens with one attached hydrogen (secondary N) is 1. The van der Waals surface area contributed by atoms with E-state index in [2.05, 4.69) is 4.72 Å². The summed E-state index contributed by atoms with van der Waals surface area (Å²) in [7, 11) is -3.90. The van der Waals surface area contributed by atoms with Crippen LogP contribution < -0.4 is 4.72 Å². The van der Waals surface area contributed by atoms with Gasteiger partial charge in [-0.15, -0.1) is 0 Å². The zero-order chi connectivity index (χ0) is 14.8. The van der Waals surface area contributed by atoms with Gasteiger partial charge in [-0.3, -0.25) is 0 Å². The van der Waals surface area contributed by atoms with E-state index in [0.29, 0.717) is 6.61 Å². The van der Waals surface area contributed by atoms with E-state index in [1.54, 1.807) is 6.07 Å². The van der Waals surface area contributed by atoms with Crippen molar-refractivity contribution in [3.8, 4) is 6.07 Å². The van der Waals surface area contributed by atoms with Crippen LogP contribution in [0.2, 0.25) is 0 Å². The highest BCUT2D eigenvalue weighted by molar-refractivity contribution is 7.89. The molecule has 2 atom stereocenters. The van der Waals surface area contributed by atoms with E-state index in [1.807, 2.05) is 6.92 Å². The third kappa shape index (κ3) is 2.98. The molecule has 0 saturated carbocycles. The van der Waals surface area contributed by atoms with E-state index in [4.69, 9.17) is 10.00 Å². The number of nitrogens with zero attached hydrogens (tertiary/aromatic N) is 1. The molecule has 0 bridgehead atoms. The maximum Gasteiger partial charge on any atom is 0.242 e. The first-order chi connectivity index (χ1) is 9.45. The van der Waals surface area contributed by atoms with Gasteiger partial charge < -0.3 is 4.74 Å². The highest BCUT2D eigenvalue weighted by Crippen LogP contribution is 2.21. The van der Waals surface area contributed by atoms with Crippen LogP contribution in [0.3, 0.4) is 0 Å². The van der Waals surface area contributed by atoms with Crippen molar-refractivity contribution in [1.29, 1.82) is 5.26 Å². The average molecular weight is 298 g/mol. The summed E-state index contributed by atoms with van der Waals surface area (Å²) in [5.41, 5.74) is -0.462. The highest BCUT2D eigenvalue weighted by Gasteiger charge is 2.27. The number of ether oxygens (including phenoxy) is 1. The van der Waals surface area contributed by atoms with Crippen LogP contribution >= 0.6 is 0 Å². The molecular formula is C13H15FN2O3S.